The Morgan fingerprint density at radius 1 is 1.00 bits per heavy atom. The molecule has 0 spiro atoms. The van der Waals surface area contributed by atoms with Crippen molar-refractivity contribution in [3.63, 3.8) is 0 Å². The topological polar surface area (TPSA) is 79.0 Å². The number of hydrogen-bond donors (Lipinski definition) is 2. The Kier molecular flexibility index (Phi) is 6.14. The molecule has 2 aromatic heterocycles. The van der Waals surface area contributed by atoms with Crippen LogP contribution in [0, 0.1) is 6.92 Å². The Bertz CT molecular complexity index is 1690. The predicted molar refractivity (Wildman–Crippen MR) is 144 cm³/mol. The highest BCUT2D eigenvalue weighted by atomic mass is 79.9. The molecule has 5 aromatic rings. The SMILES string of the molecule is Cc1[nH]c2ccc(C(=O)NS(=O)(=O)c3ccc(Br)s3)cc2c1Cc1ccc2ccccc2c1Br. The molecule has 172 valence electrons. The van der Waals surface area contributed by atoms with Crippen LogP contribution in [0.15, 0.2) is 79.2 Å². The Labute approximate surface area is 217 Å². The first-order valence-electron chi connectivity index (χ1n) is 10.3. The fourth-order valence-corrected chi connectivity index (χ4v) is 7.65. The zero-order valence-electron chi connectivity index (χ0n) is 17.9. The molecule has 0 saturated heterocycles. The quantitative estimate of drug-likeness (QED) is 0.225. The number of thiophene rings is 1. The van der Waals surface area contributed by atoms with E-state index in [-0.39, 0.29) is 9.77 Å². The number of H-pyrrole nitrogens is 1. The molecule has 2 N–H and O–H groups in total. The number of carbonyl (C=O) groups is 1. The number of nitrogens with one attached hydrogen (secondary N) is 2. The summed E-state index contributed by atoms with van der Waals surface area (Å²) < 4.78 is 29.2. The molecule has 0 atom stereocenters. The van der Waals surface area contributed by atoms with Crippen LogP contribution in [0.1, 0.15) is 27.2 Å². The average molecular weight is 618 g/mol. The van der Waals surface area contributed by atoms with Crippen LogP contribution >= 0.6 is 43.2 Å². The summed E-state index contributed by atoms with van der Waals surface area (Å²) in [4.78, 5) is 16.2. The van der Waals surface area contributed by atoms with Crippen molar-refractivity contribution in [3.8, 4) is 0 Å². The Hall–Kier alpha value is -2.46. The van der Waals surface area contributed by atoms with Crippen molar-refractivity contribution in [1.29, 1.82) is 0 Å². The molecule has 0 unspecified atom stereocenters. The minimum atomic E-state index is -3.95. The third kappa shape index (κ3) is 4.33. The highest BCUT2D eigenvalue weighted by Crippen LogP contribution is 2.33. The molecule has 9 heteroatoms. The second kappa shape index (κ2) is 8.96. The van der Waals surface area contributed by atoms with E-state index < -0.39 is 15.9 Å². The van der Waals surface area contributed by atoms with Gasteiger partial charge in [0.25, 0.3) is 15.9 Å². The molecule has 34 heavy (non-hydrogen) atoms. The van der Waals surface area contributed by atoms with E-state index in [0.29, 0.717) is 10.2 Å². The molecular formula is C25H18Br2N2O3S2. The van der Waals surface area contributed by atoms with Crippen molar-refractivity contribution in [2.75, 3.05) is 0 Å². The van der Waals surface area contributed by atoms with E-state index in [9.17, 15) is 13.2 Å². The van der Waals surface area contributed by atoms with Crippen molar-refractivity contribution in [2.24, 2.45) is 0 Å². The van der Waals surface area contributed by atoms with Crippen LogP contribution in [0.25, 0.3) is 21.7 Å². The molecule has 5 rings (SSSR count). The molecule has 0 fully saturated rings. The zero-order chi connectivity index (χ0) is 24.0. The lowest BCUT2D eigenvalue weighted by molar-refractivity contribution is 0.0981. The molecule has 0 aliphatic rings. The lowest BCUT2D eigenvalue weighted by atomic mass is 9.98. The van der Waals surface area contributed by atoms with E-state index >= 15 is 0 Å². The number of rotatable bonds is 5. The van der Waals surface area contributed by atoms with Crippen LogP contribution in [0.5, 0.6) is 0 Å². The van der Waals surface area contributed by atoms with Gasteiger partial charge in [-0.1, -0.05) is 36.4 Å². The summed E-state index contributed by atoms with van der Waals surface area (Å²) in [5, 5.41) is 3.19. The molecule has 0 saturated carbocycles. The van der Waals surface area contributed by atoms with Gasteiger partial charge in [0.2, 0.25) is 0 Å². The zero-order valence-corrected chi connectivity index (χ0v) is 22.7. The van der Waals surface area contributed by atoms with Crippen LogP contribution in [0.4, 0.5) is 0 Å². The smallest absolute Gasteiger partial charge is 0.273 e. The van der Waals surface area contributed by atoms with Crippen molar-refractivity contribution in [1.82, 2.24) is 9.71 Å². The third-order valence-corrected chi connectivity index (χ3v) is 10.1. The number of hydrogen-bond acceptors (Lipinski definition) is 4. The van der Waals surface area contributed by atoms with Gasteiger partial charge in [0, 0.05) is 33.1 Å². The standard InChI is InChI=1S/C25H18Br2N2O3S2/c1-14-19(12-16-7-6-15-4-2-3-5-18(15)24(16)27)20-13-17(8-9-21(20)28-14)25(30)29-34(31,32)23-11-10-22(26)33-23/h2-11,13,28H,12H2,1H3,(H,29,30). The van der Waals surface area contributed by atoms with Gasteiger partial charge in [-0.2, -0.15) is 0 Å². The molecule has 5 nitrogen and oxygen atoms in total. The number of benzene rings is 3. The molecule has 0 aliphatic carbocycles. The van der Waals surface area contributed by atoms with Crippen molar-refractivity contribution in [2.45, 2.75) is 17.6 Å². The highest BCUT2D eigenvalue weighted by molar-refractivity contribution is 9.11. The third-order valence-electron chi connectivity index (χ3n) is 5.73. The summed E-state index contributed by atoms with van der Waals surface area (Å²) in [5.74, 6) is -0.664. The van der Waals surface area contributed by atoms with Gasteiger partial charge in [-0.25, -0.2) is 13.1 Å². The first-order valence-corrected chi connectivity index (χ1v) is 14.2. The van der Waals surface area contributed by atoms with Gasteiger partial charge in [0.1, 0.15) is 4.21 Å². The van der Waals surface area contributed by atoms with Gasteiger partial charge < -0.3 is 4.98 Å². The van der Waals surface area contributed by atoms with Gasteiger partial charge in [-0.05, 0) is 91.0 Å². The molecule has 0 aliphatic heterocycles. The number of aromatic amines is 1. The number of halogens is 2. The van der Waals surface area contributed by atoms with Crippen molar-refractivity contribution >= 4 is 80.8 Å². The lowest BCUT2D eigenvalue weighted by Gasteiger charge is -2.09. The summed E-state index contributed by atoms with van der Waals surface area (Å²) >= 11 is 8.07. The fraction of sp³-hybridized carbons (Fsp3) is 0.0800. The van der Waals surface area contributed by atoms with Crippen LogP contribution in [-0.4, -0.2) is 19.3 Å². The molecule has 3 aromatic carbocycles. The molecule has 0 radical (unpaired) electrons. The normalized spacial score (nSPS) is 11.9. The first-order chi connectivity index (χ1) is 16.2. The second-order valence-corrected chi connectivity index (χ2v) is 13.1. The lowest BCUT2D eigenvalue weighted by Crippen LogP contribution is -2.30. The predicted octanol–water partition coefficient (Wildman–Crippen LogP) is 6.93. The van der Waals surface area contributed by atoms with E-state index in [0.717, 1.165) is 54.3 Å². The van der Waals surface area contributed by atoms with E-state index in [4.69, 9.17) is 0 Å². The molecule has 2 heterocycles. The number of aromatic nitrogens is 1. The van der Waals surface area contributed by atoms with Crippen LogP contribution in [0.2, 0.25) is 0 Å². The number of sulfonamides is 1. The summed E-state index contributed by atoms with van der Waals surface area (Å²) in [6.07, 6.45) is 0.657. The second-order valence-electron chi connectivity index (χ2n) is 7.92. The van der Waals surface area contributed by atoms with E-state index in [2.05, 4.69) is 65.8 Å². The largest absolute Gasteiger partial charge is 0.358 e. The van der Waals surface area contributed by atoms with Gasteiger partial charge >= 0.3 is 0 Å². The number of aryl methyl sites for hydroxylation is 1. The van der Waals surface area contributed by atoms with Crippen molar-refractivity contribution in [3.05, 3.63) is 97.4 Å². The van der Waals surface area contributed by atoms with Crippen LogP contribution < -0.4 is 4.72 Å². The van der Waals surface area contributed by atoms with Gasteiger partial charge in [-0.15, -0.1) is 11.3 Å². The Morgan fingerprint density at radius 3 is 2.56 bits per heavy atom. The number of fused-ring (bicyclic) bond motifs is 2. The molecule has 1 amide bonds. The molecular weight excluding hydrogens is 600 g/mol. The van der Waals surface area contributed by atoms with E-state index in [1.54, 1.807) is 18.2 Å². The summed E-state index contributed by atoms with van der Waals surface area (Å²) in [6, 6.07) is 20.7. The Morgan fingerprint density at radius 2 is 1.79 bits per heavy atom. The van der Waals surface area contributed by atoms with E-state index in [1.165, 1.54) is 6.07 Å². The maximum atomic E-state index is 12.8. The minimum absolute atomic E-state index is 0.0770. The summed E-state index contributed by atoms with van der Waals surface area (Å²) in [7, 11) is -3.95. The van der Waals surface area contributed by atoms with E-state index in [1.807, 2.05) is 25.1 Å². The van der Waals surface area contributed by atoms with Crippen LogP contribution in [0.3, 0.4) is 0 Å². The van der Waals surface area contributed by atoms with Gasteiger partial charge in [0.15, 0.2) is 0 Å². The van der Waals surface area contributed by atoms with Gasteiger partial charge in [0.05, 0.1) is 3.79 Å². The monoisotopic (exact) mass is 616 g/mol. The number of amides is 1. The average Bonchev–Trinajstić information content (AvgIpc) is 3.38. The molecule has 0 bridgehead atoms. The summed E-state index contributed by atoms with van der Waals surface area (Å²) in [5.41, 5.74) is 4.37. The van der Waals surface area contributed by atoms with Crippen molar-refractivity contribution < 1.29 is 13.2 Å². The summed E-state index contributed by atoms with van der Waals surface area (Å²) in [6.45, 7) is 2.00. The number of carbonyl (C=O) groups excluding carboxylic acids is 1. The maximum Gasteiger partial charge on any atom is 0.273 e. The maximum absolute atomic E-state index is 12.8. The minimum Gasteiger partial charge on any atom is -0.358 e. The van der Waals surface area contributed by atoms with Crippen LogP contribution in [-0.2, 0) is 16.4 Å². The highest BCUT2D eigenvalue weighted by Gasteiger charge is 2.21. The fourth-order valence-electron chi connectivity index (χ4n) is 4.03. The Balaban J connectivity index is 1.50. The van der Waals surface area contributed by atoms with Gasteiger partial charge in [-0.3, -0.25) is 4.79 Å². The first kappa shape index (κ1) is 23.3.